The average Bonchev–Trinajstić information content (AvgIpc) is 2.31. The van der Waals surface area contributed by atoms with Gasteiger partial charge in [0.05, 0.1) is 0 Å². The fourth-order valence-corrected chi connectivity index (χ4v) is 2.53. The van der Waals surface area contributed by atoms with Gasteiger partial charge in [0.25, 0.3) is 0 Å². The van der Waals surface area contributed by atoms with Crippen molar-refractivity contribution in [2.45, 2.75) is 40.1 Å². The van der Waals surface area contributed by atoms with E-state index in [1.54, 1.807) is 34.6 Å². The maximum absolute atomic E-state index is 12.3. The monoisotopic (exact) mass is 284 g/mol. The second-order valence-corrected chi connectivity index (χ2v) is 6.35. The molecule has 0 radical (unpaired) electrons. The Balaban J connectivity index is 3.25. The lowest BCUT2D eigenvalue weighted by Crippen LogP contribution is -2.28. The van der Waals surface area contributed by atoms with Gasteiger partial charge in [-0.2, -0.15) is 21.6 Å². The number of allylic oxidation sites excluding steroid dienone is 3. The molecule has 1 aliphatic carbocycles. The van der Waals surface area contributed by atoms with Gasteiger partial charge in [-0.15, -0.1) is 0 Å². The summed E-state index contributed by atoms with van der Waals surface area (Å²) in [6.45, 7) is 8.28. The Morgan fingerprint density at radius 1 is 1.06 bits per heavy atom. The maximum Gasteiger partial charge on any atom is 0.534 e. The summed E-state index contributed by atoms with van der Waals surface area (Å²) in [5.41, 5.74) is -4.28. The largest absolute Gasteiger partial charge is 0.534 e. The smallest absolute Gasteiger partial charge is 0.379 e. The Labute approximate surface area is 104 Å². The zero-order valence-corrected chi connectivity index (χ0v) is 11.6. The number of hydrogen-bond donors (Lipinski definition) is 0. The van der Waals surface area contributed by atoms with Crippen molar-refractivity contribution < 1.29 is 25.8 Å². The highest BCUT2D eigenvalue weighted by molar-refractivity contribution is 7.87. The normalized spacial score (nSPS) is 20.7. The van der Waals surface area contributed by atoms with Gasteiger partial charge in [0, 0.05) is 5.41 Å². The Kier molecular flexibility index (Phi) is 3.36. The third-order valence-electron chi connectivity index (χ3n) is 3.45. The van der Waals surface area contributed by atoms with Gasteiger partial charge in [-0.05, 0) is 45.8 Å². The van der Waals surface area contributed by atoms with Gasteiger partial charge in [-0.1, -0.05) is 5.57 Å². The van der Waals surface area contributed by atoms with E-state index in [0.29, 0.717) is 5.57 Å². The van der Waals surface area contributed by atoms with Crippen molar-refractivity contribution in [3.63, 3.8) is 0 Å². The zero-order chi connectivity index (χ0) is 14.5. The molecule has 0 heterocycles. The molecule has 0 aromatic carbocycles. The molecule has 0 unspecified atom stereocenters. The highest BCUT2D eigenvalue weighted by Crippen LogP contribution is 2.48. The molecule has 104 valence electrons. The summed E-state index contributed by atoms with van der Waals surface area (Å²) in [5.74, 6) is -0.158. The fraction of sp³-hybridized carbons (Fsp3) is 0.636. The van der Waals surface area contributed by atoms with Crippen LogP contribution in [0.5, 0.6) is 0 Å². The predicted molar refractivity (Wildman–Crippen MR) is 60.9 cm³/mol. The van der Waals surface area contributed by atoms with E-state index in [1.807, 2.05) is 0 Å². The Morgan fingerprint density at radius 2 is 1.50 bits per heavy atom. The minimum absolute atomic E-state index is 0.158. The molecule has 0 aromatic rings. The number of rotatable bonds is 2. The van der Waals surface area contributed by atoms with Gasteiger partial charge < -0.3 is 4.18 Å². The molecule has 1 aliphatic rings. The first-order valence-corrected chi connectivity index (χ1v) is 6.63. The molecule has 0 aliphatic heterocycles. The topological polar surface area (TPSA) is 43.4 Å². The van der Waals surface area contributed by atoms with Crippen LogP contribution in [-0.2, 0) is 14.3 Å². The summed E-state index contributed by atoms with van der Waals surface area (Å²) in [4.78, 5) is 0. The van der Waals surface area contributed by atoms with Crippen LogP contribution < -0.4 is 0 Å². The quantitative estimate of drug-likeness (QED) is 0.575. The number of hydrogen-bond acceptors (Lipinski definition) is 3. The SMILES string of the molecule is CC1=C(C)C(C)(C)C(OS(=O)(=O)C(F)(F)F)=C1C. The third kappa shape index (κ3) is 2.15. The zero-order valence-electron chi connectivity index (χ0n) is 10.8. The van der Waals surface area contributed by atoms with E-state index in [-0.39, 0.29) is 5.76 Å². The molecule has 0 saturated heterocycles. The van der Waals surface area contributed by atoms with Crippen LogP contribution in [0.2, 0.25) is 0 Å². The van der Waals surface area contributed by atoms with Gasteiger partial charge in [0.1, 0.15) is 5.76 Å². The van der Waals surface area contributed by atoms with Crippen molar-refractivity contribution in [2.75, 3.05) is 0 Å². The van der Waals surface area contributed by atoms with E-state index in [1.165, 1.54) is 0 Å². The molecular formula is C11H15F3O3S. The van der Waals surface area contributed by atoms with Crippen LogP contribution in [0.4, 0.5) is 13.2 Å². The van der Waals surface area contributed by atoms with Crippen LogP contribution in [0.25, 0.3) is 0 Å². The summed E-state index contributed by atoms with van der Waals surface area (Å²) in [5, 5.41) is 0. The minimum Gasteiger partial charge on any atom is -0.379 e. The molecule has 0 fully saturated rings. The van der Waals surface area contributed by atoms with Crippen molar-refractivity contribution in [1.82, 2.24) is 0 Å². The Hall–Kier alpha value is -0.980. The molecule has 0 aromatic heterocycles. The number of halogens is 3. The lowest BCUT2D eigenvalue weighted by molar-refractivity contribution is -0.0529. The molecule has 0 amide bonds. The van der Waals surface area contributed by atoms with Crippen LogP contribution in [0, 0.1) is 5.41 Å². The molecule has 3 nitrogen and oxygen atoms in total. The standard InChI is InChI=1S/C11H15F3O3S/c1-6-7(2)9(10(4,5)8(6)3)17-18(15,16)11(12,13)14/h1-5H3. The first-order chi connectivity index (χ1) is 7.82. The van der Waals surface area contributed by atoms with Crippen LogP contribution in [0.15, 0.2) is 22.5 Å². The fourth-order valence-electron chi connectivity index (χ4n) is 1.88. The lowest BCUT2D eigenvalue weighted by atomic mass is 9.86. The molecule has 0 bridgehead atoms. The van der Waals surface area contributed by atoms with Gasteiger partial charge in [-0.3, -0.25) is 0 Å². The third-order valence-corrected chi connectivity index (χ3v) is 4.40. The van der Waals surface area contributed by atoms with Crippen molar-refractivity contribution >= 4 is 10.1 Å². The summed E-state index contributed by atoms with van der Waals surface area (Å²) in [6.07, 6.45) is 0. The van der Waals surface area contributed by atoms with Gasteiger partial charge in [0.15, 0.2) is 0 Å². The molecule has 18 heavy (non-hydrogen) atoms. The predicted octanol–water partition coefficient (Wildman–Crippen LogP) is 3.50. The van der Waals surface area contributed by atoms with Crippen LogP contribution in [0.1, 0.15) is 34.6 Å². The summed E-state index contributed by atoms with van der Waals surface area (Å²) in [6, 6.07) is 0. The summed E-state index contributed by atoms with van der Waals surface area (Å²) >= 11 is 0. The molecular weight excluding hydrogens is 269 g/mol. The van der Waals surface area contributed by atoms with E-state index < -0.39 is 21.0 Å². The van der Waals surface area contributed by atoms with E-state index in [4.69, 9.17) is 0 Å². The van der Waals surface area contributed by atoms with Crippen LogP contribution in [0.3, 0.4) is 0 Å². The maximum atomic E-state index is 12.3. The van der Waals surface area contributed by atoms with Crippen LogP contribution in [-0.4, -0.2) is 13.9 Å². The molecule has 0 saturated carbocycles. The van der Waals surface area contributed by atoms with Crippen molar-refractivity contribution in [3.05, 3.63) is 22.5 Å². The minimum atomic E-state index is -5.62. The van der Waals surface area contributed by atoms with Gasteiger partial charge in [0.2, 0.25) is 0 Å². The van der Waals surface area contributed by atoms with E-state index in [2.05, 4.69) is 4.18 Å². The van der Waals surface area contributed by atoms with E-state index in [9.17, 15) is 21.6 Å². The van der Waals surface area contributed by atoms with Crippen molar-refractivity contribution in [3.8, 4) is 0 Å². The van der Waals surface area contributed by atoms with Crippen LogP contribution >= 0.6 is 0 Å². The molecule has 0 atom stereocenters. The van der Waals surface area contributed by atoms with E-state index in [0.717, 1.165) is 11.1 Å². The number of alkyl halides is 3. The van der Waals surface area contributed by atoms with Crippen molar-refractivity contribution in [1.29, 1.82) is 0 Å². The average molecular weight is 284 g/mol. The van der Waals surface area contributed by atoms with Gasteiger partial charge >= 0.3 is 15.6 Å². The first kappa shape index (κ1) is 15.1. The Bertz CT molecular complexity index is 536. The molecule has 1 rings (SSSR count). The Morgan fingerprint density at radius 3 is 1.78 bits per heavy atom. The molecule has 7 heteroatoms. The summed E-state index contributed by atoms with van der Waals surface area (Å²) < 4.78 is 63.4. The highest BCUT2D eigenvalue weighted by Gasteiger charge is 2.51. The van der Waals surface area contributed by atoms with Crippen molar-refractivity contribution in [2.24, 2.45) is 5.41 Å². The highest BCUT2D eigenvalue weighted by atomic mass is 32.2. The molecule has 0 N–H and O–H groups in total. The second kappa shape index (κ2) is 4.01. The molecule has 0 spiro atoms. The van der Waals surface area contributed by atoms with Gasteiger partial charge in [-0.25, -0.2) is 0 Å². The summed E-state index contributed by atoms with van der Waals surface area (Å²) in [7, 11) is -5.62. The lowest BCUT2D eigenvalue weighted by Gasteiger charge is -2.25. The second-order valence-electron chi connectivity index (χ2n) is 4.81. The van der Waals surface area contributed by atoms with E-state index >= 15 is 0 Å². The first-order valence-electron chi connectivity index (χ1n) is 5.23.